The molecule has 0 atom stereocenters. The average Bonchev–Trinajstić information content (AvgIpc) is 2.76. The molecule has 4 aromatic rings. The van der Waals surface area contributed by atoms with Gasteiger partial charge in [0, 0.05) is 46.4 Å². The first-order valence-corrected chi connectivity index (χ1v) is 9.91. The van der Waals surface area contributed by atoms with Gasteiger partial charge in [-0.1, -0.05) is 0 Å². The van der Waals surface area contributed by atoms with Crippen molar-refractivity contribution in [2.75, 3.05) is 5.73 Å². The van der Waals surface area contributed by atoms with E-state index in [0.717, 1.165) is 28.4 Å². The number of nitrogen functional groups attached to an aromatic ring is 1. The molecular formula is C23H20F3N5O. The van der Waals surface area contributed by atoms with Crippen LogP contribution in [0.5, 0.6) is 0 Å². The SMILES string of the molecule is CC(C)N(Cc1ccc(C(F)(F)F)cn1)C(=O)c1ccc2nc(N)c3ccncc3c2c1. The van der Waals surface area contributed by atoms with E-state index in [2.05, 4.69) is 15.0 Å². The van der Waals surface area contributed by atoms with E-state index in [9.17, 15) is 18.0 Å². The lowest BCUT2D eigenvalue weighted by Crippen LogP contribution is -2.36. The number of amides is 1. The molecule has 1 amide bonds. The molecule has 0 fully saturated rings. The minimum absolute atomic E-state index is 0.0783. The molecule has 0 aliphatic rings. The maximum Gasteiger partial charge on any atom is 0.417 e. The van der Waals surface area contributed by atoms with Gasteiger partial charge < -0.3 is 10.6 Å². The number of hydrogen-bond donors (Lipinski definition) is 1. The average molecular weight is 439 g/mol. The summed E-state index contributed by atoms with van der Waals surface area (Å²) in [5, 5.41) is 2.27. The second-order valence-corrected chi connectivity index (χ2v) is 7.71. The Morgan fingerprint density at radius 1 is 1.06 bits per heavy atom. The van der Waals surface area contributed by atoms with Crippen LogP contribution < -0.4 is 5.73 Å². The predicted octanol–water partition coefficient (Wildman–Crippen LogP) is 4.83. The lowest BCUT2D eigenvalue weighted by Gasteiger charge is -2.27. The Bertz CT molecular complexity index is 1300. The summed E-state index contributed by atoms with van der Waals surface area (Å²) in [6, 6.07) is 8.94. The summed E-state index contributed by atoms with van der Waals surface area (Å²) < 4.78 is 38.4. The number of anilines is 1. The highest BCUT2D eigenvalue weighted by molar-refractivity contribution is 6.11. The van der Waals surface area contributed by atoms with Crippen molar-refractivity contribution in [3.8, 4) is 0 Å². The molecule has 6 nitrogen and oxygen atoms in total. The molecule has 9 heteroatoms. The van der Waals surface area contributed by atoms with E-state index in [1.54, 1.807) is 41.6 Å². The maximum atomic E-state index is 13.3. The molecule has 0 unspecified atom stereocenters. The van der Waals surface area contributed by atoms with Crippen molar-refractivity contribution >= 4 is 33.4 Å². The third kappa shape index (κ3) is 4.05. The van der Waals surface area contributed by atoms with Gasteiger partial charge in [0.15, 0.2) is 0 Å². The summed E-state index contributed by atoms with van der Waals surface area (Å²) in [5.41, 5.74) is 6.64. The van der Waals surface area contributed by atoms with Gasteiger partial charge in [-0.05, 0) is 50.2 Å². The second-order valence-electron chi connectivity index (χ2n) is 7.71. The molecule has 0 aliphatic heterocycles. The number of fused-ring (bicyclic) bond motifs is 3. The number of carbonyl (C=O) groups excluding carboxylic acids is 1. The normalized spacial score (nSPS) is 11.9. The summed E-state index contributed by atoms with van der Waals surface area (Å²) in [6.45, 7) is 3.75. The van der Waals surface area contributed by atoms with Crippen molar-refractivity contribution in [3.05, 3.63) is 71.8 Å². The quantitative estimate of drug-likeness (QED) is 0.461. The smallest absolute Gasteiger partial charge is 0.383 e. The second kappa shape index (κ2) is 8.07. The van der Waals surface area contributed by atoms with Crippen LogP contribution in [0.25, 0.3) is 21.7 Å². The fourth-order valence-corrected chi connectivity index (χ4v) is 3.52. The number of halogens is 3. The van der Waals surface area contributed by atoms with E-state index >= 15 is 0 Å². The standard InChI is InChI=1S/C23H20F3N5O/c1-13(2)31(12-16-5-4-15(10-29-16)23(24,25)26)22(32)14-3-6-20-18(9-14)19-11-28-8-7-17(19)21(27)30-20/h3-11,13H,12H2,1-2H3,(H2,27,30). The largest absolute Gasteiger partial charge is 0.417 e. The fraction of sp³-hybridized carbons (Fsp3) is 0.217. The van der Waals surface area contributed by atoms with Gasteiger partial charge in [-0.15, -0.1) is 0 Å². The molecule has 3 heterocycles. The van der Waals surface area contributed by atoms with Crippen molar-refractivity contribution < 1.29 is 18.0 Å². The van der Waals surface area contributed by atoms with Crippen molar-refractivity contribution in [1.82, 2.24) is 19.9 Å². The summed E-state index contributed by atoms with van der Waals surface area (Å²) in [7, 11) is 0. The zero-order chi connectivity index (χ0) is 23.0. The van der Waals surface area contributed by atoms with E-state index in [-0.39, 0.29) is 18.5 Å². The highest BCUT2D eigenvalue weighted by Crippen LogP contribution is 2.30. The number of aromatic nitrogens is 3. The molecule has 3 aromatic heterocycles. The predicted molar refractivity (Wildman–Crippen MR) is 116 cm³/mol. The van der Waals surface area contributed by atoms with Gasteiger partial charge in [0.1, 0.15) is 5.82 Å². The van der Waals surface area contributed by atoms with E-state index in [4.69, 9.17) is 5.73 Å². The minimum atomic E-state index is -4.46. The first-order chi connectivity index (χ1) is 15.1. The number of rotatable bonds is 4. The van der Waals surface area contributed by atoms with Gasteiger partial charge in [0.05, 0.1) is 23.3 Å². The van der Waals surface area contributed by atoms with E-state index in [1.807, 2.05) is 13.8 Å². The molecular weight excluding hydrogens is 419 g/mol. The van der Waals surface area contributed by atoms with Crippen LogP contribution in [0.3, 0.4) is 0 Å². The topological polar surface area (TPSA) is 85.0 Å². The summed E-state index contributed by atoms with van der Waals surface area (Å²) >= 11 is 0. The Labute approximate surface area is 181 Å². The van der Waals surface area contributed by atoms with E-state index in [0.29, 0.717) is 22.6 Å². The zero-order valence-corrected chi connectivity index (χ0v) is 17.4. The van der Waals surface area contributed by atoms with Crippen LogP contribution in [0.4, 0.5) is 19.0 Å². The molecule has 0 saturated carbocycles. The van der Waals surface area contributed by atoms with Gasteiger partial charge in [0.25, 0.3) is 5.91 Å². The number of nitrogens with two attached hydrogens (primary N) is 1. The zero-order valence-electron chi connectivity index (χ0n) is 17.4. The van der Waals surface area contributed by atoms with Gasteiger partial charge in [-0.2, -0.15) is 13.2 Å². The molecule has 2 N–H and O–H groups in total. The number of benzene rings is 1. The number of pyridine rings is 3. The van der Waals surface area contributed by atoms with Crippen LogP contribution >= 0.6 is 0 Å². The Hall–Kier alpha value is -3.75. The molecule has 32 heavy (non-hydrogen) atoms. The Morgan fingerprint density at radius 2 is 1.84 bits per heavy atom. The molecule has 1 aromatic carbocycles. The van der Waals surface area contributed by atoms with Crippen molar-refractivity contribution in [2.45, 2.75) is 32.6 Å². The first-order valence-electron chi connectivity index (χ1n) is 9.91. The van der Waals surface area contributed by atoms with E-state index in [1.165, 1.54) is 6.07 Å². The fourth-order valence-electron chi connectivity index (χ4n) is 3.52. The maximum absolute atomic E-state index is 13.3. The third-order valence-electron chi connectivity index (χ3n) is 5.24. The lowest BCUT2D eigenvalue weighted by molar-refractivity contribution is -0.137. The molecule has 0 radical (unpaired) electrons. The molecule has 0 saturated heterocycles. The van der Waals surface area contributed by atoms with Crippen molar-refractivity contribution in [2.24, 2.45) is 0 Å². The van der Waals surface area contributed by atoms with Crippen LogP contribution in [0.1, 0.15) is 35.5 Å². The highest BCUT2D eigenvalue weighted by Gasteiger charge is 2.31. The van der Waals surface area contributed by atoms with Crippen LogP contribution in [0.15, 0.2) is 55.0 Å². The van der Waals surface area contributed by atoms with Crippen LogP contribution in [-0.2, 0) is 12.7 Å². The van der Waals surface area contributed by atoms with Crippen LogP contribution in [0, 0.1) is 0 Å². The number of carbonyl (C=O) groups is 1. The molecule has 0 spiro atoms. The Kier molecular flexibility index (Phi) is 5.41. The highest BCUT2D eigenvalue weighted by atomic mass is 19.4. The van der Waals surface area contributed by atoms with Crippen molar-refractivity contribution in [3.63, 3.8) is 0 Å². The monoisotopic (exact) mass is 439 g/mol. The Morgan fingerprint density at radius 3 is 2.50 bits per heavy atom. The van der Waals surface area contributed by atoms with E-state index < -0.39 is 11.7 Å². The Balaban J connectivity index is 1.69. The lowest BCUT2D eigenvalue weighted by atomic mass is 10.0. The number of hydrogen-bond acceptors (Lipinski definition) is 5. The van der Waals surface area contributed by atoms with Gasteiger partial charge in [-0.25, -0.2) is 4.98 Å². The van der Waals surface area contributed by atoms with Gasteiger partial charge in [0.2, 0.25) is 0 Å². The number of alkyl halides is 3. The molecule has 0 bridgehead atoms. The molecule has 0 aliphatic carbocycles. The summed E-state index contributed by atoms with van der Waals surface area (Å²) in [5.74, 6) is 0.114. The molecule has 4 rings (SSSR count). The number of nitrogens with zero attached hydrogens (tertiary/aromatic N) is 4. The summed E-state index contributed by atoms with van der Waals surface area (Å²) in [6.07, 6.45) is -0.377. The summed E-state index contributed by atoms with van der Waals surface area (Å²) in [4.78, 5) is 27.3. The first kappa shape index (κ1) is 21.5. The van der Waals surface area contributed by atoms with Crippen molar-refractivity contribution in [1.29, 1.82) is 0 Å². The van der Waals surface area contributed by atoms with Crippen LogP contribution in [-0.4, -0.2) is 31.8 Å². The van der Waals surface area contributed by atoms with Crippen LogP contribution in [0.2, 0.25) is 0 Å². The minimum Gasteiger partial charge on any atom is -0.383 e. The molecule has 164 valence electrons. The van der Waals surface area contributed by atoms with Gasteiger partial charge >= 0.3 is 6.18 Å². The van der Waals surface area contributed by atoms with Gasteiger partial charge in [-0.3, -0.25) is 14.8 Å². The third-order valence-corrected chi connectivity index (χ3v) is 5.24.